The first-order valence-electron chi connectivity index (χ1n) is 6.22. The van der Waals surface area contributed by atoms with E-state index in [1.54, 1.807) is 14.0 Å². The van der Waals surface area contributed by atoms with Gasteiger partial charge in [0.05, 0.1) is 7.11 Å². The van der Waals surface area contributed by atoms with Crippen molar-refractivity contribution in [2.75, 3.05) is 7.11 Å². The van der Waals surface area contributed by atoms with Crippen LogP contribution in [0, 0.1) is 13.8 Å². The quantitative estimate of drug-likeness (QED) is 0.706. The largest absolute Gasteiger partial charge is 0.496 e. The van der Waals surface area contributed by atoms with Crippen molar-refractivity contribution in [3.63, 3.8) is 0 Å². The van der Waals surface area contributed by atoms with E-state index in [1.807, 2.05) is 53.7 Å². The molecular weight excluding hydrogens is 212 g/mol. The second-order valence-corrected chi connectivity index (χ2v) is 3.20. The number of carbonyl (C=O) groups is 1. The van der Waals surface area contributed by atoms with Gasteiger partial charge >= 0.3 is 0 Å². The monoisotopic (exact) mass is 238 g/mol. The molecule has 0 saturated heterocycles. The Labute approximate surface area is 106 Å². The number of carbonyl (C=O) groups excluding carboxylic acids is 1. The van der Waals surface area contributed by atoms with E-state index in [1.165, 1.54) is 0 Å². The molecule has 0 amide bonds. The van der Waals surface area contributed by atoms with Crippen LogP contribution in [0.2, 0.25) is 0 Å². The number of aryl methyl sites for hydroxylation is 1. The summed E-state index contributed by atoms with van der Waals surface area (Å²) in [5, 5.41) is 0. The summed E-state index contributed by atoms with van der Waals surface area (Å²) in [5.41, 5.74) is 2.71. The minimum absolute atomic E-state index is 0.0829. The Kier molecular flexibility index (Phi) is 10.5. The highest BCUT2D eigenvalue weighted by Gasteiger charge is 2.09. The molecule has 0 aromatic heterocycles. The number of benzene rings is 1. The van der Waals surface area contributed by atoms with Crippen molar-refractivity contribution in [3.05, 3.63) is 28.8 Å². The molecule has 1 aromatic rings. The van der Waals surface area contributed by atoms with Gasteiger partial charge in [0.25, 0.3) is 0 Å². The Morgan fingerprint density at radius 3 is 1.88 bits per heavy atom. The molecule has 0 fully saturated rings. The molecule has 0 bridgehead atoms. The molecule has 0 spiro atoms. The van der Waals surface area contributed by atoms with Crippen molar-refractivity contribution in [1.82, 2.24) is 0 Å². The second-order valence-electron chi connectivity index (χ2n) is 3.20. The molecule has 2 nitrogen and oxygen atoms in total. The van der Waals surface area contributed by atoms with Crippen LogP contribution in [0.15, 0.2) is 12.1 Å². The lowest BCUT2D eigenvalue weighted by atomic mass is 10.0. The first-order valence-corrected chi connectivity index (χ1v) is 6.22. The molecule has 0 atom stereocenters. The normalized spacial score (nSPS) is 8.24. The molecular formula is C15H26O2. The molecule has 0 saturated carbocycles. The molecule has 0 unspecified atom stereocenters. The van der Waals surface area contributed by atoms with Crippen molar-refractivity contribution in [1.29, 1.82) is 0 Å². The van der Waals surface area contributed by atoms with Crippen LogP contribution in [-0.4, -0.2) is 12.9 Å². The number of rotatable bonds is 2. The van der Waals surface area contributed by atoms with Crippen molar-refractivity contribution in [2.24, 2.45) is 0 Å². The van der Waals surface area contributed by atoms with Gasteiger partial charge in [0.15, 0.2) is 5.78 Å². The lowest BCUT2D eigenvalue weighted by Gasteiger charge is -2.09. The van der Waals surface area contributed by atoms with Crippen LogP contribution in [0.4, 0.5) is 0 Å². The van der Waals surface area contributed by atoms with Gasteiger partial charge in [0, 0.05) is 11.1 Å². The van der Waals surface area contributed by atoms with E-state index in [2.05, 4.69) is 0 Å². The molecule has 1 aromatic carbocycles. The summed E-state index contributed by atoms with van der Waals surface area (Å²) in [5.74, 6) is 0.865. The number of Topliss-reactive ketones (excluding diaryl/α,β-unsaturated/α-hetero) is 1. The highest BCUT2D eigenvalue weighted by Crippen LogP contribution is 2.23. The highest BCUT2D eigenvalue weighted by atomic mass is 16.5. The van der Waals surface area contributed by atoms with E-state index in [9.17, 15) is 4.79 Å². The second kappa shape index (κ2) is 9.88. The molecule has 0 N–H and O–H groups in total. The Morgan fingerprint density at radius 1 is 1.06 bits per heavy atom. The predicted octanol–water partition coefficient (Wildman–Crippen LogP) is 4.57. The molecule has 0 radical (unpaired) electrons. The molecule has 0 aliphatic carbocycles. The van der Waals surface area contributed by atoms with Crippen LogP contribution in [-0.2, 0) is 0 Å². The van der Waals surface area contributed by atoms with E-state index in [4.69, 9.17) is 4.74 Å². The van der Waals surface area contributed by atoms with Crippen LogP contribution in [0.3, 0.4) is 0 Å². The lowest BCUT2D eigenvalue weighted by molar-refractivity contribution is 0.101. The van der Waals surface area contributed by atoms with Crippen LogP contribution >= 0.6 is 0 Å². The standard InChI is InChI=1S/C11H14O2.2C2H6/c1-7-5-10(9(3)12)8(2)11(6-7)13-4;2*1-2/h5-6H,1-4H3;2*1-2H3. The molecule has 0 heterocycles. The SMILES string of the molecule is CC.CC.COc1cc(C)cc(C(C)=O)c1C. The number of hydrogen-bond donors (Lipinski definition) is 0. The first kappa shape index (κ1) is 18.1. The Balaban J connectivity index is 0. The first-order chi connectivity index (χ1) is 8.06. The van der Waals surface area contributed by atoms with Gasteiger partial charge < -0.3 is 4.74 Å². The molecule has 98 valence electrons. The van der Waals surface area contributed by atoms with Crippen LogP contribution in [0.1, 0.15) is 56.1 Å². The average Bonchev–Trinajstić information content (AvgIpc) is 2.36. The molecule has 0 aliphatic heterocycles. The number of hydrogen-bond acceptors (Lipinski definition) is 2. The van der Waals surface area contributed by atoms with E-state index >= 15 is 0 Å². The van der Waals surface area contributed by atoms with Gasteiger partial charge in [-0.25, -0.2) is 0 Å². The fourth-order valence-electron chi connectivity index (χ4n) is 1.40. The van der Waals surface area contributed by atoms with Crippen LogP contribution in [0.5, 0.6) is 5.75 Å². The fourth-order valence-corrected chi connectivity index (χ4v) is 1.40. The molecule has 2 heteroatoms. The zero-order valence-electron chi connectivity index (χ0n) is 12.5. The van der Waals surface area contributed by atoms with Gasteiger partial charge in [-0.3, -0.25) is 4.79 Å². The highest BCUT2D eigenvalue weighted by molar-refractivity contribution is 5.96. The predicted molar refractivity (Wildman–Crippen MR) is 75.2 cm³/mol. The summed E-state index contributed by atoms with van der Waals surface area (Å²) in [6.45, 7) is 13.4. The summed E-state index contributed by atoms with van der Waals surface area (Å²) in [7, 11) is 1.62. The van der Waals surface area contributed by atoms with Crippen molar-refractivity contribution in [2.45, 2.75) is 48.5 Å². The molecule has 17 heavy (non-hydrogen) atoms. The lowest BCUT2D eigenvalue weighted by Crippen LogP contribution is -1.99. The van der Waals surface area contributed by atoms with Gasteiger partial charge in [0.2, 0.25) is 0 Å². The maximum atomic E-state index is 11.2. The molecule has 0 aliphatic rings. The topological polar surface area (TPSA) is 26.3 Å². The summed E-state index contributed by atoms with van der Waals surface area (Å²) in [4.78, 5) is 11.2. The van der Waals surface area contributed by atoms with Crippen LogP contribution in [0.25, 0.3) is 0 Å². The smallest absolute Gasteiger partial charge is 0.160 e. The maximum Gasteiger partial charge on any atom is 0.160 e. The van der Waals surface area contributed by atoms with Crippen molar-refractivity contribution >= 4 is 5.78 Å². The van der Waals surface area contributed by atoms with Crippen molar-refractivity contribution in [3.8, 4) is 5.75 Å². The van der Waals surface area contributed by atoms with Crippen molar-refractivity contribution < 1.29 is 9.53 Å². The third kappa shape index (κ3) is 5.53. The van der Waals surface area contributed by atoms with E-state index in [0.717, 1.165) is 22.4 Å². The van der Waals surface area contributed by atoms with Gasteiger partial charge in [-0.2, -0.15) is 0 Å². The summed E-state index contributed by atoms with van der Waals surface area (Å²) in [6.07, 6.45) is 0. The zero-order chi connectivity index (χ0) is 14.0. The zero-order valence-corrected chi connectivity index (χ0v) is 12.5. The maximum absolute atomic E-state index is 11.2. The summed E-state index contributed by atoms with van der Waals surface area (Å²) < 4.78 is 5.16. The third-order valence-corrected chi connectivity index (χ3v) is 2.10. The fraction of sp³-hybridized carbons (Fsp3) is 0.533. The minimum Gasteiger partial charge on any atom is -0.496 e. The van der Waals surface area contributed by atoms with E-state index < -0.39 is 0 Å². The Morgan fingerprint density at radius 2 is 1.53 bits per heavy atom. The van der Waals surface area contributed by atoms with Gasteiger partial charge in [-0.15, -0.1) is 0 Å². The molecule has 1 rings (SSSR count). The minimum atomic E-state index is 0.0829. The number of methoxy groups -OCH3 is 1. The average molecular weight is 238 g/mol. The number of ketones is 1. The summed E-state index contributed by atoms with van der Waals surface area (Å²) >= 11 is 0. The summed E-state index contributed by atoms with van der Waals surface area (Å²) in [6, 6.07) is 3.82. The number of ether oxygens (including phenoxy) is 1. The van der Waals surface area contributed by atoms with Crippen LogP contribution < -0.4 is 4.74 Å². The van der Waals surface area contributed by atoms with E-state index in [0.29, 0.717) is 0 Å². The van der Waals surface area contributed by atoms with Gasteiger partial charge in [-0.1, -0.05) is 27.7 Å². The van der Waals surface area contributed by atoms with E-state index in [-0.39, 0.29) is 5.78 Å². The third-order valence-electron chi connectivity index (χ3n) is 2.10. The van der Waals surface area contributed by atoms with Gasteiger partial charge in [0.1, 0.15) is 5.75 Å². The van der Waals surface area contributed by atoms with Gasteiger partial charge in [-0.05, 0) is 38.5 Å². The Bertz CT molecular complexity index is 341. The Hall–Kier alpha value is -1.31.